The number of nitro groups is 1. The van der Waals surface area contributed by atoms with E-state index in [0.29, 0.717) is 0 Å². The van der Waals surface area contributed by atoms with Crippen molar-refractivity contribution in [3.8, 4) is 0 Å². The molecule has 1 aliphatic rings. The minimum atomic E-state index is -0.448. The Hall–Kier alpha value is -2.63. The van der Waals surface area contributed by atoms with E-state index in [4.69, 9.17) is 5.73 Å². The van der Waals surface area contributed by atoms with E-state index in [1.165, 1.54) is 23.3 Å². The molecule has 0 atom stereocenters. The van der Waals surface area contributed by atoms with Gasteiger partial charge in [0, 0.05) is 12.1 Å². The molecule has 0 saturated heterocycles. The molecule has 0 amide bonds. The highest BCUT2D eigenvalue weighted by atomic mass is 16.6. The SMILES string of the molecule is Nc1ccc([N+](=O)[O-])c(NC2Cc3ccccc3C2)n1. The minimum absolute atomic E-state index is 0.0462. The molecule has 0 aliphatic heterocycles. The normalized spacial score (nSPS) is 14.0. The average Bonchev–Trinajstić information content (AvgIpc) is 2.80. The van der Waals surface area contributed by atoms with E-state index in [1.54, 1.807) is 0 Å². The summed E-state index contributed by atoms with van der Waals surface area (Å²) >= 11 is 0. The van der Waals surface area contributed by atoms with Crippen LogP contribution in [0.4, 0.5) is 17.3 Å². The zero-order valence-corrected chi connectivity index (χ0v) is 10.7. The van der Waals surface area contributed by atoms with Gasteiger partial charge in [0.2, 0.25) is 5.82 Å². The van der Waals surface area contributed by atoms with Crippen molar-refractivity contribution in [1.82, 2.24) is 4.98 Å². The van der Waals surface area contributed by atoms with Gasteiger partial charge >= 0.3 is 5.69 Å². The standard InChI is InChI=1S/C14H14N4O2/c15-13-6-5-12(18(19)20)14(17-13)16-11-7-9-3-1-2-4-10(9)8-11/h1-6,11H,7-8H2,(H3,15,16,17). The molecule has 0 bridgehead atoms. The van der Waals surface area contributed by atoms with Gasteiger partial charge < -0.3 is 11.1 Å². The summed E-state index contributed by atoms with van der Waals surface area (Å²) in [6.07, 6.45) is 1.67. The van der Waals surface area contributed by atoms with Gasteiger partial charge in [0.05, 0.1) is 4.92 Å². The van der Waals surface area contributed by atoms with Crippen LogP contribution >= 0.6 is 0 Å². The molecule has 1 aromatic carbocycles. The van der Waals surface area contributed by atoms with E-state index >= 15 is 0 Å². The van der Waals surface area contributed by atoms with E-state index in [9.17, 15) is 10.1 Å². The molecule has 0 spiro atoms. The van der Waals surface area contributed by atoms with Crippen molar-refractivity contribution in [2.24, 2.45) is 0 Å². The first kappa shape index (κ1) is 12.4. The van der Waals surface area contributed by atoms with Crippen LogP contribution in [0.2, 0.25) is 0 Å². The number of benzene rings is 1. The third-order valence-corrected chi connectivity index (χ3v) is 3.48. The molecule has 3 rings (SSSR count). The van der Waals surface area contributed by atoms with Crippen LogP contribution in [0.3, 0.4) is 0 Å². The molecule has 2 aromatic rings. The summed E-state index contributed by atoms with van der Waals surface area (Å²) in [6, 6.07) is 11.1. The van der Waals surface area contributed by atoms with Crippen LogP contribution in [0, 0.1) is 10.1 Å². The molecular weight excluding hydrogens is 256 g/mol. The van der Waals surface area contributed by atoms with Crippen LogP contribution < -0.4 is 11.1 Å². The number of hydrogen-bond acceptors (Lipinski definition) is 5. The first-order chi connectivity index (χ1) is 9.63. The predicted molar refractivity (Wildman–Crippen MR) is 76.6 cm³/mol. The smallest absolute Gasteiger partial charge is 0.311 e. The van der Waals surface area contributed by atoms with Gasteiger partial charge in [-0.25, -0.2) is 4.98 Å². The second kappa shape index (κ2) is 4.80. The Bertz CT molecular complexity index is 647. The number of nitrogens with one attached hydrogen (secondary N) is 1. The maximum absolute atomic E-state index is 11.0. The summed E-state index contributed by atoms with van der Waals surface area (Å²) < 4.78 is 0. The summed E-state index contributed by atoms with van der Waals surface area (Å²) in [7, 11) is 0. The Morgan fingerprint density at radius 3 is 2.45 bits per heavy atom. The molecule has 6 heteroatoms. The second-order valence-corrected chi connectivity index (χ2v) is 4.88. The van der Waals surface area contributed by atoms with Crippen LogP contribution in [-0.2, 0) is 12.8 Å². The molecular formula is C14H14N4O2. The van der Waals surface area contributed by atoms with Gasteiger partial charge in [0.1, 0.15) is 5.82 Å². The van der Waals surface area contributed by atoms with Crippen molar-refractivity contribution in [2.45, 2.75) is 18.9 Å². The van der Waals surface area contributed by atoms with Gasteiger partial charge in [-0.2, -0.15) is 0 Å². The number of pyridine rings is 1. The van der Waals surface area contributed by atoms with Gasteiger partial charge in [0.15, 0.2) is 0 Å². The molecule has 102 valence electrons. The van der Waals surface area contributed by atoms with Crippen LogP contribution in [0.1, 0.15) is 11.1 Å². The van der Waals surface area contributed by atoms with Crippen LogP contribution in [0.25, 0.3) is 0 Å². The minimum Gasteiger partial charge on any atom is -0.384 e. The van der Waals surface area contributed by atoms with Crippen molar-refractivity contribution in [2.75, 3.05) is 11.1 Å². The Labute approximate surface area is 115 Å². The number of aromatic nitrogens is 1. The topological polar surface area (TPSA) is 94.1 Å². The van der Waals surface area contributed by atoms with E-state index < -0.39 is 4.92 Å². The number of nitrogens with two attached hydrogens (primary N) is 1. The fraction of sp³-hybridized carbons (Fsp3) is 0.214. The Balaban J connectivity index is 1.83. The quantitative estimate of drug-likeness (QED) is 0.658. The number of rotatable bonds is 3. The highest BCUT2D eigenvalue weighted by Crippen LogP contribution is 2.28. The fourth-order valence-electron chi connectivity index (χ4n) is 2.57. The summed E-state index contributed by atoms with van der Waals surface area (Å²) in [6.45, 7) is 0. The first-order valence-corrected chi connectivity index (χ1v) is 6.37. The molecule has 1 heterocycles. The molecule has 0 saturated carbocycles. The number of hydrogen-bond donors (Lipinski definition) is 2. The lowest BCUT2D eigenvalue weighted by Crippen LogP contribution is -2.21. The van der Waals surface area contributed by atoms with Gasteiger partial charge in [-0.3, -0.25) is 10.1 Å². The maximum atomic E-state index is 11.0. The Kier molecular flexibility index (Phi) is 2.98. The van der Waals surface area contributed by atoms with E-state index in [-0.39, 0.29) is 23.4 Å². The number of nitrogens with zero attached hydrogens (tertiary/aromatic N) is 2. The molecule has 1 aliphatic carbocycles. The highest BCUT2D eigenvalue weighted by Gasteiger charge is 2.24. The van der Waals surface area contributed by atoms with E-state index in [1.807, 2.05) is 12.1 Å². The van der Waals surface area contributed by atoms with Gasteiger partial charge in [-0.1, -0.05) is 24.3 Å². The van der Waals surface area contributed by atoms with E-state index in [2.05, 4.69) is 22.4 Å². The number of anilines is 2. The average molecular weight is 270 g/mol. The number of nitrogen functional groups attached to an aromatic ring is 1. The van der Waals surface area contributed by atoms with Gasteiger partial charge in [-0.15, -0.1) is 0 Å². The zero-order chi connectivity index (χ0) is 14.1. The third kappa shape index (κ3) is 2.27. The van der Waals surface area contributed by atoms with Crippen molar-refractivity contribution >= 4 is 17.3 Å². The van der Waals surface area contributed by atoms with Crippen LogP contribution in [0.15, 0.2) is 36.4 Å². The largest absolute Gasteiger partial charge is 0.384 e. The lowest BCUT2D eigenvalue weighted by atomic mass is 10.1. The first-order valence-electron chi connectivity index (χ1n) is 6.37. The monoisotopic (exact) mass is 270 g/mol. The summed E-state index contributed by atoms with van der Waals surface area (Å²) in [5.74, 6) is 0.515. The van der Waals surface area contributed by atoms with Crippen LogP contribution in [-0.4, -0.2) is 15.9 Å². The van der Waals surface area contributed by atoms with Crippen LogP contribution in [0.5, 0.6) is 0 Å². The van der Waals surface area contributed by atoms with Crippen molar-refractivity contribution in [1.29, 1.82) is 0 Å². The molecule has 6 nitrogen and oxygen atoms in total. The molecule has 20 heavy (non-hydrogen) atoms. The Morgan fingerprint density at radius 2 is 1.85 bits per heavy atom. The van der Waals surface area contributed by atoms with Crippen molar-refractivity contribution in [3.05, 3.63) is 57.6 Å². The second-order valence-electron chi connectivity index (χ2n) is 4.88. The predicted octanol–water partition coefficient (Wildman–Crippen LogP) is 2.15. The lowest BCUT2D eigenvalue weighted by molar-refractivity contribution is -0.384. The number of fused-ring (bicyclic) bond motifs is 1. The van der Waals surface area contributed by atoms with E-state index in [0.717, 1.165) is 12.8 Å². The molecule has 0 unspecified atom stereocenters. The highest BCUT2D eigenvalue weighted by molar-refractivity contribution is 5.60. The summed E-state index contributed by atoms with van der Waals surface area (Å²) in [5.41, 5.74) is 8.12. The summed E-state index contributed by atoms with van der Waals surface area (Å²) in [5, 5.41) is 14.2. The van der Waals surface area contributed by atoms with Gasteiger partial charge in [-0.05, 0) is 30.0 Å². The lowest BCUT2D eigenvalue weighted by Gasteiger charge is -2.13. The molecule has 0 fully saturated rings. The fourth-order valence-corrected chi connectivity index (χ4v) is 2.57. The maximum Gasteiger partial charge on any atom is 0.311 e. The molecule has 1 aromatic heterocycles. The van der Waals surface area contributed by atoms with Gasteiger partial charge in [0.25, 0.3) is 0 Å². The molecule has 3 N–H and O–H groups in total. The van der Waals surface area contributed by atoms with Crippen molar-refractivity contribution in [3.63, 3.8) is 0 Å². The molecule has 0 radical (unpaired) electrons. The Morgan fingerprint density at radius 1 is 1.20 bits per heavy atom. The zero-order valence-electron chi connectivity index (χ0n) is 10.7. The summed E-state index contributed by atoms with van der Waals surface area (Å²) in [4.78, 5) is 14.6. The van der Waals surface area contributed by atoms with Crippen molar-refractivity contribution < 1.29 is 4.92 Å². The third-order valence-electron chi connectivity index (χ3n) is 3.48.